The number of amides is 2. The van der Waals surface area contributed by atoms with Crippen LogP contribution < -0.4 is 20.4 Å². The highest BCUT2D eigenvalue weighted by Crippen LogP contribution is 2.41. The molecule has 2 aliphatic heterocycles. The van der Waals surface area contributed by atoms with Crippen molar-refractivity contribution in [1.82, 2.24) is 19.7 Å². The molecule has 8 nitrogen and oxygen atoms in total. The molecular weight excluding hydrogens is 421 g/mol. The van der Waals surface area contributed by atoms with Crippen LogP contribution in [-0.4, -0.2) is 52.1 Å². The molecule has 3 aliphatic rings. The molecule has 0 aromatic carbocycles. The maximum absolute atomic E-state index is 14.5. The van der Waals surface area contributed by atoms with Crippen molar-refractivity contribution in [3.05, 3.63) is 47.8 Å². The lowest BCUT2D eigenvalue weighted by Gasteiger charge is -2.36. The summed E-state index contributed by atoms with van der Waals surface area (Å²) in [5.41, 5.74) is 3.94. The Labute approximate surface area is 192 Å². The standard InChI is InChI=1S/C22H24FN7O.C2H6/c1-14-11-29-12-17(16(23)10-19(29)26-14)27-21(31)30-8-3-15-18(2-6-24-20(15)30)28-9-7-25-22(13-28)4-5-22;1-2/h2,6,10-12,25H,3-5,7-9,13H2,1H3,(H,27,31);1-2H3. The van der Waals surface area contributed by atoms with Crippen LogP contribution in [0.15, 0.2) is 30.7 Å². The topological polar surface area (TPSA) is 77.8 Å². The van der Waals surface area contributed by atoms with Crippen molar-refractivity contribution >= 4 is 28.9 Å². The Morgan fingerprint density at radius 2 is 2.06 bits per heavy atom. The van der Waals surface area contributed by atoms with Gasteiger partial charge in [-0.1, -0.05) is 13.8 Å². The third-order valence-electron chi connectivity index (χ3n) is 6.57. The highest BCUT2D eigenvalue weighted by atomic mass is 19.1. The van der Waals surface area contributed by atoms with Crippen molar-refractivity contribution in [2.45, 2.75) is 45.6 Å². The Balaban J connectivity index is 0.00000111. The number of pyridine rings is 2. The lowest BCUT2D eigenvalue weighted by molar-refractivity contribution is 0.257. The lowest BCUT2D eigenvalue weighted by atomic mass is 10.1. The number of anilines is 3. The normalized spacial score (nSPS) is 18.2. The van der Waals surface area contributed by atoms with E-state index in [9.17, 15) is 9.18 Å². The van der Waals surface area contributed by atoms with E-state index in [1.165, 1.54) is 18.9 Å². The first kappa shape index (κ1) is 21.6. The Morgan fingerprint density at radius 1 is 1.24 bits per heavy atom. The van der Waals surface area contributed by atoms with Crippen molar-refractivity contribution in [3.8, 4) is 0 Å². The number of hydrogen-bond acceptors (Lipinski definition) is 5. The second-order valence-corrected chi connectivity index (χ2v) is 8.78. The fraction of sp³-hybridized carbons (Fsp3) is 0.458. The minimum Gasteiger partial charge on any atom is -0.368 e. The molecule has 5 heterocycles. The molecule has 1 saturated heterocycles. The van der Waals surface area contributed by atoms with E-state index in [0.717, 1.165) is 43.0 Å². The van der Waals surface area contributed by atoms with Gasteiger partial charge in [-0.15, -0.1) is 0 Å². The van der Waals surface area contributed by atoms with Gasteiger partial charge < -0.3 is 19.9 Å². The smallest absolute Gasteiger partial charge is 0.327 e. The number of carbonyl (C=O) groups excluding carboxylic acids is 1. The number of rotatable bonds is 2. The third kappa shape index (κ3) is 3.90. The summed E-state index contributed by atoms with van der Waals surface area (Å²) in [6.07, 6.45) is 8.30. The zero-order valence-corrected chi connectivity index (χ0v) is 19.4. The third-order valence-corrected chi connectivity index (χ3v) is 6.57. The summed E-state index contributed by atoms with van der Waals surface area (Å²) in [5, 5.41) is 6.35. The number of nitrogens with one attached hydrogen (secondary N) is 2. The number of nitrogens with zero attached hydrogens (tertiary/aromatic N) is 5. The molecule has 33 heavy (non-hydrogen) atoms. The molecule has 6 rings (SSSR count). The van der Waals surface area contributed by atoms with E-state index in [-0.39, 0.29) is 17.3 Å². The van der Waals surface area contributed by atoms with Gasteiger partial charge in [0.1, 0.15) is 11.5 Å². The van der Waals surface area contributed by atoms with E-state index in [1.54, 1.807) is 27.9 Å². The molecule has 2 N–H and O–H groups in total. The fourth-order valence-electron chi connectivity index (χ4n) is 4.83. The molecule has 0 atom stereocenters. The summed E-state index contributed by atoms with van der Waals surface area (Å²) < 4.78 is 16.3. The fourth-order valence-corrected chi connectivity index (χ4v) is 4.83. The minimum absolute atomic E-state index is 0.122. The van der Waals surface area contributed by atoms with Gasteiger partial charge >= 0.3 is 6.03 Å². The van der Waals surface area contributed by atoms with Gasteiger partial charge in [0.2, 0.25) is 0 Å². The number of hydrogen-bond donors (Lipinski definition) is 2. The van der Waals surface area contributed by atoms with Crippen LogP contribution in [0.3, 0.4) is 0 Å². The van der Waals surface area contributed by atoms with E-state index in [0.29, 0.717) is 18.0 Å². The number of piperazine rings is 1. The van der Waals surface area contributed by atoms with Gasteiger partial charge in [-0.05, 0) is 32.3 Å². The summed E-state index contributed by atoms with van der Waals surface area (Å²) in [7, 11) is 0. The first-order chi connectivity index (χ1) is 16.0. The summed E-state index contributed by atoms with van der Waals surface area (Å²) in [6.45, 7) is 9.27. The second kappa shape index (κ2) is 8.30. The molecule has 1 saturated carbocycles. The van der Waals surface area contributed by atoms with Gasteiger partial charge in [0.05, 0.1) is 11.4 Å². The predicted molar refractivity (Wildman–Crippen MR) is 128 cm³/mol. The van der Waals surface area contributed by atoms with Gasteiger partial charge in [-0.2, -0.15) is 0 Å². The first-order valence-corrected chi connectivity index (χ1v) is 11.7. The van der Waals surface area contributed by atoms with Crippen LogP contribution in [0.2, 0.25) is 0 Å². The molecule has 1 spiro atoms. The molecule has 3 aromatic heterocycles. The average Bonchev–Trinajstić information content (AvgIpc) is 3.24. The molecule has 3 aromatic rings. The van der Waals surface area contributed by atoms with Gasteiger partial charge in [-0.25, -0.2) is 19.2 Å². The average molecular weight is 452 g/mol. The molecule has 174 valence electrons. The second-order valence-electron chi connectivity index (χ2n) is 8.78. The Bertz CT molecular complexity index is 1200. The van der Waals surface area contributed by atoms with E-state index in [2.05, 4.69) is 31.6 Å². The van der Waals surface area contributed by atoms with Gasteiger partial charge in [-0.3, -0.25) is 4.90 Å². The van der Waals surface area contributed by atoms with E-state index in [4.69, 9.17) is 0 Å². The molecule has 0 bridgehead atoms. The molecule has 0 unspecified atom stereocenters. The van der Waals surface area contributed by atoms with Crippen molar-refractivity contribution in [1.29, 1.82) is 0 Å². The summed E-state index contributed by atoms with van der Waals surface area (Å²) >= 11 is 0. The monoisotopic (exact) mass is 451 g/mol. The number of urea groups is 1. The van der Waals surface area contributed by atoms with E-state index < -0.39 is 5.82 Å². The van der Waals surface area contributed by atoms with Crippen molar-refractivity contribution < 1.29 is 9.18 Å². The van der Waals surface area contributed by atoms with Crippen LogP contribution in [0.1, 0.15) is 37.9 Å². The van der Waals surface area contributed by atoms with Crippen LogP contribution in [0.4, 0.5) is 26.4 Å². The Kier molecular flexibility index (Phi) is 5.44. The molecule has 0 radical (unpaired) electrons. The summed E-state index contributed by atoms with van der Waals surface area (Å²) in [5.74, 6) is 0.154. The molecule has 9 heteroatoms. The zero-order valence-electron chi connectivity index (χ0n) is 19.4. The summed E-state index contributed by atoms with van der Waals surface area (Å²) in [6, 6.07) is 3.00. The predicted octanol–water partition coefficient (Wildman–Crippen LogP) is 3.74. The van der Waals surface area contributed by atoms with Crippen LogP contribution in [-0.2, 0) is 6.42 Å². The van der Waals surface area contributed by atoms with E-state index in [1.807, 2.05) is 20.8 Å². The van der Waals surface area contributed by atoms with Crippen LogP contribution >= 0.6 is 0 Å². The van der Waals surface area contributed by atoms with Gasteiger partial charge in [0, 0.05) is 67.6 Å². The number of fused-ring (bicyclic) bond motifs is 2. The highest BCUT2D eigenvalue weighted by molar-refractivity contribution is 6.03. The highest BCUT2D eigenvalue weighted by Gasteiger charge is 2.46. The SMILES string of the molecule is CC.Cc1cn2cc(NC(=O)N3CCc4c(N5CCNC6(CC6)C5)ccnc43)c(F)cc2n1. The van der Waals surface area contributed by atoms with E-state index >= 15 is 0 Å². The lowest BCUT2D eigenvalue weighted by Crippen LogP contribution is -2.52. The Hall–Kier alpha value is -3.20. The summed E-state index contributed by atoms with van der Waals surface area (Å²) in [4.78, 5) is 25.8. The first-order valence-electron chi connectivity index (χ1n) is 11.7. The number of halogens is 1. The maximum Gasteiger partial charge on any atom is 0.327 e. The van der Waals surface area contributed by atoms with Crippen LogP contribution in [0, 0.1) is 12.7 Å². The van der Waals surface area contributed by atoms with Crippen molar-refractivity contribution in [2.75, 3.05) is 41.3 Å². The van der Waals surface area contributed by atoms with Gasteiger partial charge in [0.15, 0.2) is 5.82 Å². The quantitative estimate of drug-likeness (QED) is 0.621. The molecule has 1 aliphatic carbocycles. The van der Waals surface area contributed by atoms with Gasteiger partial charge in [0.25, 0.3) is 0 Å². The molecule has 2 amide bonds. The zero-order chi connectivity index (χ0) is 23.2. The molecular formula is C24H30FN7O. The number of aromatic nitrogens is 3. The largest absolute Gasteiger partial charge is 0.368 e. The minimum atomic E-state index is -0.511. The number of imidazole rings is 1. The van der Waals surface area contributed by atoms with Crippen LogP contribution in [0.25, 0.3) is 5.65 Å². The van der Waals surface area contributed by atoms with Crippen molar-refractivity contribution in [2.24, 2.45) is 0 Å². The number of aryl methyl sites for hydroxylation is 1. The number of carbonyl (C=O) groups is 1. The van der Waals surface area contributed by atoms with Crippen molar-refractivity contribution in [3.63, 3.8) is 0 Å². The Morgan fingerprint density at radius 3 is 2.85 bits per heavy atom. The van der Waals surface area contributed by atoms with Crippen LogP contribution in [0.5, 0.6) is 0 Å². The maximum atomic E-state index is 14.5. The molecule has 2 fully saturated rings.